The molecule has 0 aliphatic heterocycles. The Morgan fingerprint density at radius 1 is 1.39 bits per heavy atom. The highest BCUT2D eigenvalue weighted by atomic mass is 32.2. The summed E-state index contributed by atoms with van der Waals surface area (Å²) in [5.74, 6) is -0.233. The van der Waals surface area contributed by atoms with E-state index < -0.39 is 0 Å². The third-order valence-corrected chi connectivity index (χ3v) is 4.85. The molecule has 0 aliphatic rings. The predicted octanol–water partition coefficient (Wildman–Crippen LogP) is 3.25. The fourth-order valence-electron chi connectivity index (χ4n) is 1.59. The Morgan fingerprint density at radius 3 is 2.67 bits per heavy atom. The molecule has 1 aromatic heterocycles. The lowest BCUT2D eigenvalue weighted by Crippen LogP contribution is -2.25. The first-order valence-electron chi connectivity index (χ1n) is 5.64. The molecule has 2 unspecified atom stereocenters. The van der Waals surface area contributed by atoms with E-state index in [9.17, 15) is 4.39 Å². The third kappa shape index (κ3) is 3.28. The van der Waals surface area contributed by atoms with E-state index in [0.717, 1.165) is 16.3 Å². The van der Waals surface area contributed by atoms with E-state index >= 15 is 0 Å². The number of hydrogen-bond donors (Lipinski definition) is 1. The lowest BCUT2D eigenvalue weighted by molar-refractivity contribution is 0.617. The minimum absolute atomic E-state index is 0.00404. The van der Waals surface area contributed by atoms with Gasteiger partial charge in [-0.3, -0.25) is 0 Å². The number of aromatic nitrogens is 2. The zero-order valence-corrected chi connectivity index (χ0v) is 11.5. The van der Waals surface area contributed by atoms with Crippen molar-refractivity contribution in [3.05, 3.63) is 41.2 Å². The van der Waals surface area contributed by atoms with Crippen LogP contribution in [0, 0.1) is 5.82 Å². The lowest BCUT2D eigenvalue weighted by Gasteiger charge is -2.21. The Morgan fingerprint density at radius 2 is 2.11 bits per heavy atom. The van der Waals surface area contributed by atoms with Gasteiger partial charge in [0.05, 0.1) is 5.25 Å². The minimum Gasteiger partial charge on any atom is -0.326 e. The van der Waals surface area contributed by atoms with Gasteiger partial charge in [-0.25, -0.2) is 4.39 Å². The van der Waals surface area contributed by atoms with Gasteiger partial charge in [-0.05, 0) is 24.1 Å². The summed E-state index contributed by atoms with van der Waals surface area (Å²) in [5, 5.41) is 7.91. The summed E-state index contributed by atoms with van der Waals surface area (Å²) >= 11 is 3.07. The largest absolute Gasteiger partial charge is 0.326 e. The molecule has 0 aliphatic carbocycles. The Balaban J connectivity index is 2.22. The van der Waals surface area contributed by atoms with Crippen LogP contribution in [0.1, 0.15) is 24.2 Å². The first-order chi connectivity index (χ1) is 8.70. The Labute approximate surface area is 114 Å². The number of hydrogen-bond acceptors (Lipinski definition) is 5. The lowest BCUT2D eigenvalue weighted by atomic mass is 10.0. The monoisotopic (exact) mass is 283 g/mol. The maximum atomic E-state index is 13.0. The van der Waals surface area contributed by atoms with E-state index in [-0.39, 0.29) is 17.1 Å². The molecule has 0 spiro atoms. The molecular weight excluding hydrogens is 269 g/mol. The second-order valence-corrected chi connectivity index (χ2v) is 6.09. The van der Waals surface area contributed by atoms with Crippen LogP contribution in [-0.4, -0.2) is 16.2 Å². The molecule has 2 aromatic rings. The van der Waals surface area contributed by atoms with Crippen LogP contribution >= 0.6 is 23.1 Å². The van der Waals surface area contributed by atoms with Gasteiger partial charge in [-0.15, -0.1) is 10.2 Å². The summed E-state index contributed by atoms with van der Waals surface area (Å²) in [4.78, 5) is 0. The highest BCUT2D eigenvalue weighted by molar-refractivity contribution is 8.01. The second kappa shape index (κ2) is 6.26. The van der Waals surface area contributed by atoms with Gasteiger partial charge < -0.3 is 5.73 Å². The molecule has 0 fully saturated rings. The number of nitrogens with two attached hydrogens (primary N) is 1. The van der Waals surface area contributed by atoms with Crippen molar-refractivity contribution in [2.24, 2.45) is 5.73 Å². The van der Waals surface area contributed by atoms with Crippen LogP contribution in [0.4, 0.5) is 4.39 Å². The van der Waals surface area contributed by atoms with Crippen LogP contribution in [0.3, 0.4) is 0 Å². The smallest absolute Gasteiger partial charge is 0.174 e. The van der Waals surface area contributed by atoms with Crippen molar-refractivity contribution >= 4 is 23.1 Å². The molecule has 0 amide bonds. The Bertz CT molecular complexity index is 473. The van der Waals surface area contributed by atoms with Crippen LogP contribution in [0.25, 0.3) is 0 Å². The molecule has 0 bridgehead atoms. The molecule has 0 saturated carbocycles. The summed E-state index contributed by atoms with van der Waals surface area (Å²) in [6.45, 7) is 2.04. The van der Waals surface area contributed by atoms with Gasteiger partial charge in [-0.2, -0.15) is 0 Å². The van der Waals surface area contributed by atoms with Gasteiger partial charge in [0.25, 0.3) is 0 Å². The standard InChI is InChI=1S/C12H14FN3S2/c1-2-10(14)11(18-12-16-15-7-17-12)8-3-5-9(13)6-4-8/h3-7,10-11H,2,14H2,1H3. The van der Waals surface area contributed by atoms with Crippen molar-refractivity contribution in [2.75, 3.05) is 0 Å². The maximum Gasteiger partial charge on any atom is 0.174 e. The average Bonchev–Trinajstić information content (AvgIpc) is 2.89. The van der Waals surface area contributed by atoms with Crippen LogP contribution in [0.5, 0.6) is 0 Å². The highest BCUT2D eigenvalue weighted by Crippen LogP contribution is 2.38. The second-order valence-electron chi connectivity index (χ2n) is 3.87. The van der Waals surface area contributed by atoms with Crippen molar-refractivity contribution < 1.29 is 4.39 Å². The molecular formula is C12H14FN3S2. The quantitative estimate of drug-likeness (QED) is 0.856. The highest BCUT2D eigenvalue weighted by Gasteiger charge is 2.21. The number of halogens is 1. The molecule has 2 rings (SSSR count). The average molecular weight is 283 g/mol. The number of nitrogens with zero attached hydrogens (tertiary/aromatic N) is 2. The summed E-state index contributed by atoms with van der Waals surface area (Å²) in [7, 11) is 0. The van der Waals surface area contributed by atoms with Crippen LogP contribution in [0.2, 0.25) is 0 Å². The van der Waals surface area contributed by atoms with E-state index in [1.165, 1.54) is 23.5 Å². The first-order valence-corrected chi connectivity index (χ1v) is 7.40. The first kappa shape index (κ1) is 13.5. The summed E-state index contributed by atoms with van der Waals surface area (Å²) < 4.78 is 13.8. The molecule has 18 heavy (non-hydrogen) atoms. The normalized spacial score (nSPS) is 14.4. The number of rotatable bonds is 5. The van der Waals surface area contributed by atoms with Gasteiger partial charge in [0, 0.05) is 6.04 Å². The fraction of sp³-hybridized carbons (Fsp3) is 0.333. The van der Waals surface area contributed by atoms with Crippen LogP contribution < -0.4 is 5.73 Å². The van der Waals surface area contributed by atoms with Crippen molar-refractivity contribution in [1.82, 2.24) is 10.2 Å². The van der Waals surface area contributed by atoms with E-state index in [0.29, 0.717) is 0 Å². The molecule has 0 saturated heterocycles. The van der Waals surface area contributed by atoms with Crippen LogP contribution in [-0.2, 0) is 0 Å². The van der Waals surface area contributed by atoms with Gasteiger partial charge in [0.2, 0.25) is 0 Å². The molecule has 3 nitrogen and oxygen atoms in total. The van der Waals surface area contributed by atoms with Gasteiger partial charge in [0.1, 0.15) is 11.3 Å². The number of benzene rings is 1. The molecule has 1 heterocycles. The van der Waals surface area contributed by atoms with E-state index in [4.69, 9.17) is 5.73 Å². The molecule has 96 valence electrons. The molecule has 2 atom stereocenters. The van der Waals surface area contributed by atoms with Crippen molar-refractivity contribution in [1.29, 1.82) is 0 Å². The Kier molecular flexibility index (Phi) is 4.68. The van der Waals surface area contributed by atoms with Gasteiger partial charge in [0.15, 0.2) is 4.34 Å². The Hall–Kier alpha value is -0.980. The molecule has 0 radical (unpaired) electrons. The zero-order valence-electron chi connectivity index (χ0n) is 9.91. The summed E-state index contributed by atoms with van der Waals surface area (Å²) in [5.41, 5.74) is 8.86. The SMILES string of the molecule is CCC(N)C(Sc1nncs1)c1ccc(F)cc1. The van der Waals surface area contributed by atoms with Crippen LogP contribution in [0.15, 0.2) is 34.1 Å². The van der Waals surface area contributed by atoms with E-state index in [1.54, 1.807) is 29.4 Å². The van der Waals surface area contributed by atoms with Crippen molar-refractivity contribution in [3.63, 3.8) is 0 Å². The van der Waals surface area contributed by atoms with E-state index in [2.05, 4.69) is 10.2 Å². The van der Waals surface area contributed by atoms with Gasteiger partial charge in [-0.1, -0.05) is 42.2 Å². The molecule has 1 aromatic carbocycles. The topological polar surface area (TPSA) is 51.8 Å². The predicted molar refractivity (Wildman–Crippen MR) is 73.2 cm³/mol. The fourth-order valence-corrected chi connectivity index (χ4v) is 3.51. The summed E-state index contributed by atoms with van der Waals surface area (Å²) in [6.07, 6.45) is 0.855. The van der Waals surface area contributed by atoms with Gasteiger partial charge >= 0.3 is 0 Å². The molecule has 2 N–H and O–H groups in total. The van der Waals surface area contributed by atoms with E-state index in [1.807, 2.05) is 6.92 Å². The van der Waals surface area contributed by atoms with Crippen molar-refractivity contribution in [3.8, 4) is 0 Å². The maximum absolute atomic E-state index is 13.0. The minimum atomic E-state index is -0.233. The van der Waals surface area contributed by atoms with Crippen molar-refractivity contribution in [2.45, 2.75) is 29.0 Å². The molecule has 6 heteroatoms. The third-order valence-electron chi connectivity index (χ3n) is 2.63. The summed E-state index contributed by atoms with van der Waals surface area (Å²) in [6, 6.07) is 6.49. The number of thioether (sulfide) groups is 1. The zero-order chi connectivity index (χ0) is 13.0.